The average molecular weight is 382 g/mol. The van der Waals surface area contributed by atoms with Crippen LogP contribution < -0.4 is 15.5 Å². The van der Waals surface area contributed by atoms with Gasteiger partial charge in [-0.25, -0.2) is 8.42 Å². The van der Waals surface area contributed by atoms with Crippen LogP contribution >= 0.6 is 0 Å². The quantitative estimate of drug-likeness (QED) is 0.652. The number of rotatable bonds is 3. The number of aliphatic hydroxyl groups is 1. The Morgan fingerprint density at radius 2 is 1.81 bits per heavy atom. The Bertz CT molecular complexity index is 790. The highest BCUT2D eigenvalue weighted by molar-refractivity contribution is 7.90. The van der Waals surface area contributed by atoms with Crippen molar-refractivity contribution in [2.75, 3.05) is 31.1 Å². The fraction of sp³-hybridized carbons (Fsp3) is 0.588. The van der Waals surface area contributed by atoms with Crippen molar-refractivity contribution < 1.29 is 18.3 Å². The summed E-state index contributed by atoms with van der Waals surface area (Å²) in [4.78, 5) is 14.3. The van der Waals surface area contributed by atoms with Crippen LogP contribution in [-0.4, -0.2) is 67.6 Å². The zero-order valence-electron chi connectivity index (χ0n) is 15.3. The number of carbonyl (C=O) groups is 1. The van der Waals surface area contributed by atoms with Crippen LogP contribution in [0.3, 0.4) is 0 Å². The highest BCUT2D eigenvalue weighted by atomic mass is 32.2. The van der Waals surface area contributed by atoms with E-state index in [9.17, 15) is 18.3 Å². The summed E-state index contributed by atoms with van der Waals surface area (Å²) >= 11 is 0. The van der Waals surface area contributed by atoms with Gasteiger partial charge >= 0.3 is 0 Å². The van der Waals surface area contributed by atoms with Gasteiger partial charge < -0.3 is 15.3 Å². The van der Waals surface area contributed by atoms with Crippen molar-refractivity contribution in [2.24, 2.45) is 0 Å². The highest BCUT2D eigenvalue weighted by Gasteiger charge is 2.45. The lowest BCUT2D eigenvalue weighted by molar-refractivity contribution is -0.128. The molecule has 2 aliphatic heterocycles. The normalized spacial score (nSPS) is 28.1. The summed E-state index contributed by atoms with van der Waals surface area (Å²) in [6, 6.07) is 5.45. The number of nitrogens with zero attached hydrogens (tertiary/aromatic N) is 2. The van der Waals surface area contributed by atoms with Crippen molar-refractivity contribution in [2.45, 2.75) is 38.4 Å². The molecule has 3 N–H and O–H groups in total. The first kappa shape index (κ1) is 19.1. The fourth-order valence-electron chi connectivity index (χ4n) is 3.64. The molecule has 0 aromatic heterocycles. The number of nitrogens with one attached hydrogen (secondary N) is 2. The lowest BCUT2D eigenvalue weighted by Gasteiger charge is -2.40. The molecule has 0 saturated carbocycles. The van der Waals surface area contributed by atoms with Crippen LogP contribution in [0.2, 0.25) is 0 Å². The minimum Gasteiger partial charge on any atom is -0.369 e. The monoisotopic (exact) mass is 382 g/mol. The minimum absolute atomic E-state index is 0.328. The fourth-order valence-corrected chi connectivity index (χ4v) is 5.56. The minimum atomic E-state index is -3.81. The number of anilines is 1. The second-order valence-corrected chi connectivity index (χ2v) is 8.99. The summed E-state index contributed by atoms with van der Waals surface area (Å²) < 4.78 is 27.3. The lowest BCUT2D eigenvalue weighted by Crippen LogP contribution is -2.67. The van der Waals surface area contributed by atoms with E-state index >= 15 is 0 Å². The molecular weight excluding hydrogens is 356 g/mol. The van der Waals surface area contributed by atoms with E-state index in [1.54, 1.807) is 6.92 Å². The van der Waals surface area contributed by atoms with Crippen molar-refractivity contribution in [1.29, 1.82) is 0 Å². The number of benzene rings is 1. The standard InChI is InChI=1S/C17H26N4O4S/c1-11-5-4-6-14(12(11)2)20-7-9-21(10-8-20)26(24,25)15-13(3)18-17(23)19-16(15)22/h4-6,13,15,17-18,23H,7-10H2,1-3H3,(H,19,22). The van der Waals surface area contributed by atoms with E-state index in [0.29, 0.717) is 26.2 Å². The Labute approximate surface area is 154 Å². The molecule has 2 fully saturated rings. The molecule has 26 heavy (non-hydrogen) atoms. The van der Waals surface area contributed by atoms with Crippen LogP contribution in [0.1, 0.15) is 18.1 Å². The molecule has 8 nitrogen and oxygen atoms in total. The predicted molar refractivity (Wildman–Crippen MR) is 99.2 cm³/mol. The molecule has 0 radical (unpaired) electrons. The Hall–Kier alpha value is -1.68. The van der Waals surface area contributed by atoms with E-state index in [-0.39, 0.29) is 0 Å². The molecule has 3 unspecified atom stereocenters. The van der Waals surface area contributed by atoms with E-state index in [2.05, 4.69) is 41.5 Å². The number of hydrogen-bond donors (Lipinski definition) is 3. The summed E-state index contributed by atoms with van der Waals surface area (Å²) in [6.45, 7) is 7.52. The molecule has 9 heteroatoms. The van der Waals surface area contributed by atoms with E-state index < -0.39 is 33.6 Å². The average Bonchev–Trinajstić information content (AvgIpc) is 2.56. The number of aryl methyl sites for hydroxylation is 1. The second-order valence-electron chi connectivity index (χ2n) is 6.94. The molecule has 1 aromatic carbocycles. The number of aliphatic hydroxyl groups excluding tert-OH is 1. The molecule has 2 saturated heterocycles. The molecular formula is C17H26N4O4S. The van der Waals surface area contributed by atoms with E-state index in [4.69, 9.17) is 0 Å². The zero-order chi connectivity index (χ0) is 19.1. The summed E-state index contributed by atoms with van der Waals surface area (Å²) in [5.74, 6) is -0.666. The molecule has 0 spiro atoms. The number of sulfonamides is 1. The number of hydrogen-bond acceptors (Lipinski definition) is 6. The summed E-state index contributed by atoms with van der Waals surface area (Å²) in [6.07, 6.45) is -1.22. The largest absolute Gasteiger partial charge is 0.369 e. The van der Waals surface area contributed by atoms with Crippen LogP contribution in [0, 0.1) is 13.8 Å². The first-order valence-electron chi connectivity index (χ1n) is 8.76. The maximum atomic E-state index is 13.0. The summed E-state index contributed by atoms with van der Waals surface area (Å²) in [5.41, 5.74) is 3.52. The van der Waals surface area contributed by atoms with Crippen LogP contribution in [0.4, 0.5) is 5.69 Å². The second kappa shape index (κ2) is 7.15. The van der Waals surface area contributed by atoms with Gasteiger partial charge in [-0.05, 0) is 38.0 Å². The van der Waals surface area contributed by atoms with Crippen LogP contribution in [0.25, 0.3) is 0 Å². The molecule has 144 valence electrons. The molecule has 3 atom stereocenters. The summed E-state index contributed by atoms with van der Waals surface area (Å²) in [5, 5.41) is 13.2. The lowest BCUT2D eigenvalue weighted by atomic mass is 10.1. The maximum Gasteiger partial charge on any atom is 0.244 e. The van der Waals surface area contributed by atoms with Gasteiger partial charge in [0.2, 0.25) is 15.9 Å². The van der Waals surface area contributed by atoms with Gasteiger partial charge in [0, 0.05) is 37.9 Å². The van der Waals surface area contributed by atoms with Crippen molar-refractivity contribution in [3.8, 4) is 0 Å². The van der Waals surface area contributed by atoms with Gasteiger partial charge in [-0.2, -0.15) is 4.31 Å². The molecule has 3 rings (SSSR count). The van der Waals surface area contributed by atoms with Gasteiger partial charge in [0.25, 0.3) is 0 Å². The first-order chi connectivity index (χ1) is 12.2. The Kier molecular flexibility index (Phi) is 5.25. The van der Waals surface area contributed by atoms with Gasteiger partial charge in [0.15, 0.2) is 11.6 Å². The third kappa shape index (κ3) is 3.44. The number of carbonyl (C=O) groups excluding carboxylic acids is 1. The number of piperazine rings is 1. The molecule has 1 amide bonds. The summed E-state index contributed by atoms with van der Waals surface area (Å²) in [7, 11) is -3.81. The third-order valence-corrected chi connectivity index (χ3v) is 7.60. The Morgan fingerprint density at radius 3 is 2.42 bits per heavy atom. The van der Waals surface area contributed by atoms with E-state index in [0.717, 1.165) is 5.69 Å². The van der Waals surface area contributed by atoms with Gasteiger partial charge in [0.05, 0.1) is 0 Å². The van der Waals surface area contributed by atoms with Crippen LogP contribution in [0.15, 0.2) is 18.2 Å². The van der Waals surface area contributed by atoms with E-state index in [1.807, 2.05) is 6.07 Å². The first-order valence-corrected chi connectivity index (χ1v) is 10.3. The van der Waals surface area contributed by atoms with Gasteiger partial charge in [-0.3, -0.25) is 10.1 Å². The molecule has 0 aliphatic carbocycles. The van der Waals surface area contributed by atoms with E-state index in [1.165, 1.54) is 15.4 Å². The van der Waals surface area contributed by atoms with Crippen LogP contribution in [-0.2, 0) is 14.8 Å². The van der Waals surface area contributed by atoms with Crippen molar-refractivity contribution in [3.63, 3.8) is 0 Å². The molecule has 2 aliphatic rings. The Morgan fingerprint density at radius 1 is 1.15 bits per heavy atom. The molecule has 0 bridgehead atoms. The number of amides is 1. The van der Waals surface area contributed by atoms with Crippen molar-refractivity contribution >= 4 is 21.6 Å². The zero-order valence-corrected chi connectivity index (χ0v) is 16.1. The Balaban J connectivity index is 1.73. The predicted octanol–water partition coefficient (Wildman–Crippen LogP) is -0.492. The van der Waals surface area contributed by atoms with Crippen LogP contribution in [0.5, 0.6) is 0 Å². The van der Waals surface area contributed by atoms with Gasteiger partial charge in [0.1, 0.15) is 0 Å². The van der Waals surface area contributed by atoms with Gasteiger partial charge in [-0.1, -0.05) is 12.1 Å². The topological polar surface area (TPSA) is 102 Å². The van der Waals surface area contributed by atoms with Crippen molar-refractivity contribution in [3.05, 3.63) is 29.3 Å². The SMILES string of the molecule is Cc1cccc(N2CCN(S(=O)(=O)C3C(=O)NC(O)NC3C)CC2)c1C. The highest BCUT2D eigenvalue weighted by Crippen LogP contribution is 2.25. The van der Waals surface area contributed by atoms with Crippen molar-refractivity contribution in [1.82, 2.24) is 14.9 Å². The molecule has 1 aromatic rings. The van der Waals surface area contributed by atoms with Gasteiger partial charge in [-0.15, -0.1) is 0 Å². The maximum absolute atomic E-state index is 13.0. The third-order valence-electron chi connectivity index (χ3n) is 5.25. The molecule has 2 heterocycles. The smallest absolute Gasteiger partial charge is 0.244 e.